The van der Waals surface area contributed by atoms with E-state index in [0.29, 0.717) is 11.6 Å². The molecule has 0 aromatic heterocycles. The zero-order valence-electron chi connectivity index (χ0n) is 16.9. The number of fused-ring (bicyclic) bond motifs is 1. The molecule has 4 nitrogen and oxygen atoms in total. The predicted octanol–water partition coefficient (Wildman–Crippen LogP) is 4.50. The van der Waals surface area contributed by atoms with Gasteiger partial charge >= 0.3 is 5.97 Å². The van der Waals surface area contributed by atoms with E-state index in [9.17, 15) is 9.90 Å². The van der Waals surface area contributed by atoms with Crippen molar-refractivity contribution < 1.29 is 9.90 Å². The van der Waals surface area contributed by atoms with Crippen molar-refractivity contribution in [1.29, 1.82) is 0 Å². The number of carboxylic acids is 1. The molecule has 1 N–H and O–H groups in total. The van der Waals surface area contributed by atoms with Crippen LogP contribution in [0.25, 0.3) is 11.1 Å². The molecule has 2 aliphatic rings. The monoisotopic (exact) mass is 378 g/mol. The minimum absolute atomic E-state index is 0.289. The quantitative estimate of drug-likeness (QED) is 0.851. The van der Waals surface area contributed by atoms with E-state index in [1.165, 1.54) is 37.8 Å². The van der Waals surface area contributed by atoms with Gasteiger partial charge in [-0.3, -0.25) is 9.80 Å². The van der Waals surface area contributed by atoms with E-state index in [1.807, 2.05) is 12.1 Å². The lowest BCUT2D eigenvalue weighted by atomic mass is 9.76. The molecule has 148 valence electrons. The van der Waals surface area contributed by atoms with Crippen LogP contribution in [0, 0.1) is 0 Å². The summed E-state index contributed by atoms with van der Waals surface area (Å²) >= 11 is 0. The lowest BCUT2D eigenvalue weighted by molar-refractivity contribution is -0.0489. The number of carboxylic acid groups (broad SMARTS) is 1. The molecule has 0 saturated carbocycles. The van der Waals surface area contributed by atoms with Crippen molar-refractivity contribution in [3.63, 3.8) is 0 Å². The van der Waals surface area contributed by atoms with Crippen molar-refractivity contribution in [2.24, 2.45) is 0 Å². The van der Waals surface area contributed by atoms with Crippen LogP contribution in [-0.4, -0.2) is 52.6 Å². The van der Waals surface area contributed by atoms with Crippen LogP contribution >= 0.6 is 0 Å². The van der Waals surface area contributed by atoms with Gasteiger partial charge in [0.25, 0.3) is 0 Å². The summed E-state index contributed by atoms with van der Waals surface area (Å²) in [6, 6.07) is 16.3. The highest BCUT2D eigenvalue weighted by molar-refractivity contribution is 5.95. The Hall–Kier alpha value is -2.17. The van der Waals surface area contributed by atoms with Crippen LogP contribution in [0.5, 0.6) is 0 Å². The van der Waals surface area contributed by atoms with Crippen LogP contribution in [0.4, 0.5) is 0 Å². The van der Waals surface area contributed by atoms with Crippen LogP contribution < -0.4 is 0 Å². The second-order valence-electron chi connectivity index (χ2n) is 8.56. The fourth-order valence-corrected chi connectivity index (χ4v) is 5.21. The largest absolute Gasteiger partial charge is 0.478 e. The van der Waals surface area contributed by atoms with Crippen LogP contribution in [0.15, 0.2) is 48.5 Å². The Morgan fingerprint density at radius 1 is 1.11 bits per heavy atom. The van der Waals surface area contributed by atoms with Crippen molar-refractivity contribution in [3.8, 4) is 11.1 Å². The molecule has 2 atom stereocenters. The molecule has 0 spiro atoms. The van der Waals surface area contributed by atoms with E-state index in [-0.39, 0.29) is 5.54 Å². The summed E-state index contributed by atoms with van der Waals surface area (Å²) in [5, 5.41) is 9.44. The number of likely N-dealkylation sites (tertiary alicyclic amines) is 2. The number of likely N-dealkylation sites (N-methyl/N-ethyl adjacent to an activating group) is 1. The van der Waals surface area contributed by atoms with E-state index in [4.69, 9.17) is 0 Å². The lowest BCUT2D eigenvalue weighted by Gasteiger charge is -2.55. The van der Waals surface area contributed by atoms with Crippen molar-refractivity contribution in [2.75, 3.05) is 20.1 Å². The number of piperidine rings is 2. The molecule has 2 aromatic carbocycles. The Morgan fingerprint density at radius 2 is 1.86 bits per heavy atom. The molecule has 2 saturated heterocycles. The third-order valence-electron chi connectivity index (χ3n) is 6.94. The average molecular weight is 379 g/mol. The highest BCUT2D eigenvalue weighted by atomic mass is 16.4. The Morgan fingerprint density at radius 3 is 2.61 bits per heavy atom. The van der Waals surface area contributed by atoms with Gasteiger partial charge in [-0.05, 0) is 75.5 Å². The molecule has 2 aromatic rings. The molecule has 4 heteroatoms. The first kappa shape index (κ1) is 19.2. The Bertz CT molecular complexity index is 848. The van der Waals surface area contributed by atoms with E-state index < -0.39 is 5.97 Å². The van der Waals surface area contributed by atoms with E-state index in [2.05, 4.69) is 48.0 Å². The van der Waals surface area contributed by atoms with Gasteiger partial charge in [0.15, 0.2) is 0 Å². The molecule has 0 aliphatic carbocycles. The van der Waals surface area contributed by atoms with Crippen LogP contribution in [0.1, 0.15) is 48.5 Å². The molecule has 4 rings (SSSR count). The molecule has 2 fully saturated rings. The molecule has 2 aliphatic heterocycles. The van der Waals surface area contributed by atoms with Crippen molar-refractivity contribution in [2.45, 2.75) is 50.7 Å². The maximum atomic E-state index is 11.5. The van der Waals surface area contributed by atoms with E-state index in [1.54, 1.807) is 12.1 Å². The fourth-order valence-electron chi connectivity index (χ4n) is 5.21. The first-order valence-corrected chi connectivity index (χ1v) is 10.4. The zero-order valence-corrected chi connectivity index (χ0v) is 16.9. The predicted molar refractivity (Wildman–Crippen MR) is 113 cm³/mol. The molecular weight excluding hydrogens is 348 g/mol. The third-order valence-corrected chi connectivity index (χ3v) is 6.94. The maximum absolute atomic E-state index is 11.5. The first-order valence-electron chi connectivity index (χ1n) is 10.4. The van der Waals surface area contributed by atoms with Crippen LogP contribution in [0.2, 0.25) is 0 Å². The smallest absolute Gasteiger partial charge is 0.336 e. The number of nitrogens with zero attached hydrogens (tertiary/aromatic N) is 2. The van der Waals surface area contributed by atoms with Gasteiger partial charge in [0.1, 0.15) is 0 Å². The van der Waals surface area contributed by atoms with Gasteiger partial charge in [0, 0.05) is 18.1 Å². The number of benzene rings is 2. The fraction of sp³-hybridized carbons (Fsp3) is 0.458. The van der Waals surface area contributed by atoms with E-state index >= 15 is 0 Å². The summed E-state index contributed by atoms with van der Waals surface area (Å²) in [6.45, 7) is 5.78. The van der Waals surface area contributed by atoms with E-state index in [0.717, 1.165) is 24.2 Å². The number of carbonyl (C=O) groups is 1. The highest BCUT2D eigenvalue weighted by Gasteiger charge is 2.45. The van der Waals surface area contributed by atoms with Crippen molar-refractivity contribution >= 4 is 5.97 Å². The summed E-state index contributed by atoms with van der Waals surface area (Å²) in [5.41, 5.74) is 3.68. The summed E-state index contributed by atoms with van der Waals surface area (Å²) in [7, 11) is 2.28. The average Bonchev–Trinajstić information content (AvgIpc) is 2.70. The number of hydrogen-bond acceptors (Lipinski definition) is 3. The summed E-state index contributed by atoms with van der Waals surface area (Å²) in [5.74, 6) is -0.881. The highest BCUT2D eigenvalue weighted by Crippen LogP contribution is 2.38. The molecule has 0 unspecified atom stereocenters. The Kier molecular flexibility index (Phi) is 5.26. The number of rotatable bonds is 4. The van der Waals surface area contributed by atoms with Gasteiger partial charge < -0.3 is 5.11 Å². The topological polar surface area (TPSA) is 43.8 Å². The lowest BCUT2D eigenvalue weighted by Crippen LogP contribution is -2.64. The van der Waals surface area contributed by atoms with Gasteiger partial charge in [-0.2, -0.15) is 0 Å². The Balaban J connectivity index is 1.53. The third kappa shape index (κ3) is 3.47. The maximum Gasteiger partial charge on any atom is 0.336 e. The standard InChI is InChI=1S/C24H30N2O2/c1-24-14-6-16-26(22(24)9-5-15-25(24)2)17-18-10-12-19(13-11-18)20-7-3-4-8-21(20)23(27)28/h3-4,7-8,10-13,22H,5-6,9,14-17H2,1-2H3,(H,27,28)/t22-,24+/m1/s1. The Labute approximate surface area is 167 Å². The van der Waals surface area contributed by atoms with Gasteiger partial charge in [-0.25, -0.2) is 4.79 Å². The van der Waals surface area contributed by atoms with Crippen molar-refractivity contribution in [1.82, 2.24) is 9.80 Å². The van der Waals surface area contributed by atoms with Crippen molar-refractivity contribution in [3.05, 3.63) is 59.7 Å². The van der Waals surface area contributed by atoms with Gasteiger partial charge in [0.05, 0.1) is 5.56 Å². The van der Waals surface area contributed by atoms with Crippen LogP contribution in [-0.2, 0) is 6.54 Å². The summed E-state index contributed by atoms with van der Waals surface area (Å²) in [4.78, 5) is 16.7. The molecule has 0 amide bonds. The molecule has 2 heterocycles. The minimum atomic E-state index is -0.881. The second-order valence-corrected chi connectivity index (χ2v) is 8.56. The molecule has 28 heavy (non-hydrogen) atoms. The first-order chi connectivity index (χ1) is 13.5. The zero-order chi connectivity index (χ0) is 19.7. The second kappa shape index (κ2) is 7.69. The minimum Gasteiger partial charge on any atom is -0.478 e. The molecular formula is C24H30N2O2. The summed E-state index contributed by atoms with van der Waals surface area (Å²) < 4.78 is 0. The van der Waals surface area contributed by atoms with Crippen LogP contribution in [0.3, 0.4) is 0 Å². The van der Waals surface area contributed by atoms with Gasteiger partial charge in [-0.15, -0.1) is 0 Å². The number of hydrogen-bond donors (Lipinski definition) is 1. The van der Waals surface area contributed by atoms with Gasteiger partial charge in [0.2, 0.25) is 0 Å². The normalized spacial score (nSPS) is 26.0. The SMILES string of the molecule is CN1CCC[C@H]2N(Cc3ccc(-c4ccccc4C(=O)O)cc3)CCC[C@@]21C. The van der Waals surface area contributed by atoms with Gasteiger partial charge in [-0.1, -0.05) is 42.5 Å². The summed E-state index contributed by atoms with van der Waals surface area (Å²) in [6.07, 6.45) is 5.10. The number of aromatic carboxylic acids is 1. The molecule has 0 radical (unpaired) electrons. The molecule has 0 bridgehead atoms.